The smallest absolute Gasteiger partial charge is 0.306 e. The number of ether oxygens (including phenoxy) is 1. The topological polar surface area (TPSA) is 70.2 Å². The molecule has 0 atom stereocenters. The largest absolute Gasteiger partial charge is 0.469 e. The summed E-state index contributed by atoms with van der Waals surface area (Å²) in [6, 6.07) is 7.88. The van der Waals surface area contributed by atoms with E-state index in [0.717, 1.165) is 16.9 Å². The molecule has 0 amide bonds. The molecular weight excluding hydrogens is 270 g/mol. The van der Waals surface area contributed by atoms with Crippen LogP contribution in [0.25, 0.3) is 22.6 Å². The molecule has 2 aromatic heterocycles. The van der Waals surface area contributed by atoms with Gasteiger partial charge >= 0.3 is 5.97 Å². The number of nitrogens with zero attached hydrogens (tertiary/aromatic N) is 3. The molecule has 21 heavy (non-hydrogen) atoms. The number of hydrogen-bond donors (Lipinski definition) is 0. The number of rotatable bonds is 4. The van der Waals surface area contributed by atoms with Crippen molar-refractivity contribution >= 4 is 17.0 Å². The highest BCUT2D eigenvalue weighted by Gasteiger charge is 2.14. The van der Waals surface area contributed by atoms with Crippen LogP contribution in [-0.2, 0) is 23.0 Å². The zero-order chi connectivity index (χ0) is 14.8. The molecule has 0 aliphatic rings. The van der Waals surface area contributed by atoms with Gasteiger partial charge in [-0.05, 0) is 12.1 Å². The monoisotopic (exact) mass is 285 g/mol. The van der Waals surface area contributed by atoms with E-state index in [0.29, 0.717) is 18.0 Å². The van der Waals surface area contributed by atoms with Crippen LogP contribution in [0.1, 0.15) is 12.3 Å². The molecule has 0 saturated carbocycles. The fourth-order valence-electron chi connectivity index (χ4n) is 2.21. The summed E-state index contributed by atoms with van der Waals surface area (Å²) in [5.41, 5.74) is 2.61. The first kappa shape index (κ1) is 13.4. The maximum Gasteiger partial charge on any atom is 0.306 e. The second kappa shape index (κ2) is 5.40. The lowest BCUT2D eigenvalue weighted by atomic mass is 10.3. The summed E-state index contributed by atoms with van der Waals surface area (Å²) in [6.07, 6.45) is 2.23. The average Bonchev–Trinajstić information content (AvgIpc) is 3.10. The maximum absolute atomic E-state index is 11.1. The van der Waals surface area contributed by atoms with Crippen molar-refractivity contribution in [3.8, 4) is 11.5 Å². The number of hydrogen-bond acceptors (Lipinski definition) is 5. The van der Waals surface area contributed by atoms with Gasteiger partial charge in [0.1, 0.15) is 12.0 Å². The summed E-state index contributed by atoms with van der Waals surface area (Å²) in [5.74, 6) is 0.962. The van der Waals surface area contributed by atoms with Crippen LogP contribution in [0.3, 0.4) is 0 Å². The Labute approximate surface area is 121 Å². The first-order chi connectivity index (χ1) is 10.2. The minimum absolute atomic E-state index is 0.249. The predicted octanol–water partition coefficient (Wildman–Crippen LogP) is 2.33. The number of carbonyl (C=O) groups excluding carboxylic acids is 1. The molecule has 3 aromatic rings. The van der Waals surface area contributed by atoms with E-state index in [1.165, 1.54) is 7.11 Å². The van der Waals surface area contributed by atoms with E-state index in [9.17, 15) is 4.79 Å². The van der Waals surface area contributed by atoms with Crippen LogP contribution in [0.4, 0.5) is 0 Å². The van der Waals surface area contributed by atoms with Crippen molar-refractivity contribution in [2.24, 2.45) is 7.05 Å². The Kier molecular flexibility index (Phi) is 3.43. The van der Waals surface area contributed by atoms with Crippen molar-refractivity contribution in [1.82, 2.24) is 14.5 Å². The molecule has 3 rings (SSSR count). The van der Waals surface area contributed by atoms with Crippen LogP contribution in [0.5, 0.6) is 0 Å². The second-order valence-corrected chi connectivity index (χ2v) is 4.69. The molecule has 2 heterocycles. The molecule has 0 aliphatic carbocycles. The third-order valence-electron chi connectivity index (χ3n) is 3.34. The molecule has 1 aromatic carbocycles. The van der Waals surface area contributed by atoms with Crippen molar-refractivity contribution < 1.29 is 13.9 Å². The maximum atomic E-state index is 11.1. The number of aromatic nitrogens is 3. The minimum Gasteiger partial charge on any atom is -0.469 e. The van der Waals surface area contributed by atoms with Crippen LogP contribution >= 0.6 is 0 Å². The quantitative estimate of drug-likeness (QED) is 0.688. The van der Waals surface area contributed by atoms with Gasteiger partial charge in [-0.15, -0.1) is 0 Å². The number of para-hydroxylation sites is 2. The third kappa shape index (κ3) is 2.52. The van der Waals surface area contributed by atoms with E-state index in [-0.39, 0.29) is 12.4 Å². The van der Waals surface area contributed by atoms with Gasteiger partial charge in [0.05, 0.1) is 24.6 Å². The van der Waals surface area contributed by atoms with Gasteiger partial charge in [-0.1, -0.05) is 12.1 Å². The van der Waals surface area contributed by atoms with Crippen molar-refractivity contribution in [1.29, 1.82) is 0 Å². The molecule has 0 saturated heterocycles. The van der Waals surface area contributed by atoms with E-state index in [1.54, 1.807) is 6.26 Å². The third-order valence-corrected chi connectivity index (χ3v) is 3.34. The fraction of sp³-hybridized carbons (Fsp3) is 0.267. The zero-order valence-corrected chi connectivity index (χ0v) is 11.9. The predicted molar refractivity (Wildman–Crippen MR) is 76.5 cm³/mol. The normalized spacial score (nSPS) is 11.0. The molecule has 0 spiro atoms. The van der Waals surface area contributed by atoms with E-state index in [2.05, 4.69) is 14.7 Å². The number of methoxy groups -OCH3 is 1. The fourth-order valence-corrected chi connectivity index (χ4v) is 2.21. The highest BCUT2D eigenvalue weighted by Crippen LogP contribution is 2.23. The number of oxazole rings is 1. The second-order valence-electron chi connectivity index (χ2n) is 4.69. The highest BCUT2D eigenvalue weighted by atomic mass is 16.5. The Bertz CT molecular complexity index is 788. The van der Waals surface area contributed by atoms with Crippen molar-refractivity contribution in [3.63, 3.8) is 0 Å². The molecule has 6 heteroatoms. The Morgan fingerprint density at radius 3 is 2.90 bits per heavy atom. The van der Waals surface area contributed by atoms with E-state index >= 15 is 0 Å². The van der Waals surface area contributed by atoms with Crippen LogP contribution in [0, 0.1) is 0 Å². The number of imidazole rings is 1. The Hall–Kier alpha value is -2.63. The molecule has 6 nitrogen and oxygen atoms in total. The Balaban J connectivity index is 1.88. The first-order valence-electron chi connectivity index (χ1n) is 6.62. The van der Waals surface area contributed by atoms with Crippen molar-refractivity contribution in [2.45, 2.75) is 12.8 Å². The molecule has 0 N–H and O–H groups in total. The van der Waals surface area contributed by atoms with Gasteiger partial charge in [0, 0.05) is 13.5 Å². The zero-order valence-electron chi connectivity index (χ0n) is 11.9. The van der Waals surface area contributed by atoms with Gasteiger partial charge < -0.3 is 13.7 Å². The summed E-state index contributed by atoms with van der Waals surface area (Å²) in [6.45, 7) is 0. The number of esters is 1. The summed E-state index contributed by atoms with van der Waals surface area (Å²) in [5, 5.41) is 0. The van der Waals surface area contributed by atoms with Crippen LogP contribution in [-0.4, -0.2) is 27.6 Å². The van der Waals surface area contributed by atoms with Crippen LogP contribution < -0.4 is 0 Å². The molecule has 0 fully saturated rings. The molecule has 108 valence electrons. The van der Waals surface area contributed by atoms with Gasteiger partial charge in [-0.3, -0.25) is 4.79 Å². The Morgan fingerprint density at radius 2 is 2.14 bits per heavy atom. The number of aryl methyl sites for hydroxylation is 2. The van der Waals surface area contributed by atoms with E-state index in [4.69, 9.17) is 4.42 Å². The van der Waals surface area contributed by atoms with Gasteiger partial charge in [0.2, 0.25) is 0 Å². The van der Waals surface area contributed by atoms with Gasteiger partial charge in [0.25, 0.3) is 0 Å². The number of carbonyl (C=O) groups is 1. The SMILES string of the molecule is COC(=O)CCc1nc(-c2nc3ccccc3n2C)co1. The lowest BCUT2D eigenvalue weighted by Crippen LogP contribution is -2.02. The first-order valence-corrected chi connectivity index (χ1v) is 6.62. The van der Waals surface area contributed by atoms with Gasteiger partial charge in [0.15, 0.2) is 11.7 Å². The highest BCUT2D eigenvalue weighted by molar-refractivity contribution is 5.79. The molecule has 0 radical (unpaired) electrons. The standard InChI is InChI=1S/C15H15N3O3/c1-18-12-6-4-3-5-10(12)17-15(18)11-9-21-13(16-11)7-8-14(19)20-2/h3-6,9H,7-8H2,1-2H3. The van der Waals surface area contributed by atoms with Crippen molar-refractivity contribution in [2.75, 3.05) is 7.11 Å². The van der Waals surface area contributed by atoms with E-state index < -0.39 is 0 Å². The molecule has 0 aliphatic heterocycles. The summed E-state index contributed by atoms with van der Waals surface area (Å²) in [4.78, 5) is 20.1. The van der Waals surface area contributed by atoms with Gasteiger partial charge in [-0.2, -0.15) is 0 Å². The summed E-state index contributed by atoms with van der Waals surface area (Å²) in [7, 11) is 3.30. The molecule has 0 bridgehead atoms. The lowest BCUT2D eigenvalue weighted by Gasteiger charge is -1.97. The molecule has 0 unspecified atom stereocenters. The average molecular weight is 285 g/mol. The van der Waals surface area contributed by atoms with Crippen LogP contribution in [0.2, 0.25) is 0 Å². The number of benzene rings is 1. The van der Waals surface area contributed by atoms with Gasteiger partial charge in [-0.25, -0.2) is 9.97 Å². The van der Waals surface area contributed by atoms with Crippen LogP contribution in [0.15, 0.2) is 34.9 Å². The molecular formula is C15H15N3O3. The summed E-state index contributed by atoms with van der Waals surface area (Å²) >= 11 is 0. The lowest BCUT2D eigenvalue weighted by molar-refractivity contribution is -0.140. The van der Waals surface area contributed by atoms with Crippen molar-refractivity contribution in [3.05, 3.63) is 36.4 Å². The minimum atomic E-state index is -0.280. The number of fused-ring (bicyclic) bond motifs is 1. The Morgan fingerprint density at radius 1 is 1.33 bits per heavy atom. The summed E-state index contributed by atoms with van der Waals surface area (Å²) < 4.78 is 12.0. The van der Waals surface area contributed by atoms with E-state index in [1.807, 2.05) is 35.9 Å².